The Morgan fingerprint density at radius 1 is 1.19 bits per heavy atom. The summed E-state index contributed by atoms with van der Waals surface area (Å²) in [6.45, 7) is 0.412. The fourth-order valence-electron chi connectivity index (χ4n) is 3.26. The van der Waals surface area contributed by atoms with Gasteiger partial charge in [-0.05, 0) is 41.8 Å². The number of pyridine rings is 1. The fourth-order valence-corrected chi connectivity index (χ4v) is 4.44. The molecule has 4 heterocycles. The molecule has 5 rings (SSSR count). The van der Waals surface area contributed by atoms with Gasteiger partial charge in [-0.15, -0.1) is 0 Å². The molecule has 0 spiro atoms. The number of carbonyl (C=O) groups is 1. The van der Waals surface area contributed by atoms with Crippen molar-refractivity contribution in [2.75, 3.05) is 6.54 Å². The van der Waals surface area contributed by atoms with Gasteiger partial charge in [0, 0.05) is 25.4 Å². The molecule has 1 fully saturated rings. The summed E-state index contributed by atoms with van der Waals surface area (Å²) in [4.78, 5) is 18.1. The highest BCUT2D eigenvalue weighted by Gasteiger charge is 2.47. The number of fused-ring (bicyclic) bond motifs is 5. The fraction of sp³-hybridized carbons (Fsp3) is 0.263. The topological polar surface area (TPSA) is 85.8 Å². The van der Waals surface area contributed by atoms with Gasteiger partial charge >= 0.3 is 6.09 Å². The molecular weight excluding hydrogens is 368 g/mol. The average molecular weight is 386 g/mol. The molecule has 3 aliphatic heterocycles. The average Bonchev–Trinajstić information content (AvgIpc) is 3.08. The van der Waals surface area contributed by atoms with Gasteiger partial charge in [0.25, 0.3) is 10.1 Å². The molecule has 1 saturated heterocycles. The summed E-state index contributed by atoms with van der Waals surface area (Å²) in [6.07, 6.45) is 6.92. The molecule has 1 aromatic carbocycles. The Morgan fingerprint density at radius 2 is 2.00 bits per heavy atom. The van der Waals surface area contributed by atoms with Crippen LogP contribution in [0.3, 0.4) is 0 Å². The maximum atomic E-state index is 12.9. The van der Waals surface area contributed by atoms with E-state index in [0.29, 0.717) is 24.9 Å². The van der Waals surface area contributed by atoms with Gasteiger partial charge in [-0.1, -0.05) is 24.3 Å². The monoisotopic (exact) mass is 386 g/mol. The van der Waals surface area contributed by atoms with Crippen molar-refractivity contribution in [3.8, 4) is 0 Å². The second-order valence-electron chi connectivity index (χ2n) is 6.46. The predicted octanol–water partition coefficient (Wildman–Crippen LogP) is 2.94. The third-order valence-electron chi connectivity index (χ3n) is 4.64. The van der Waals surface area contributed by atoms with Crippen molar-refractivity contribution >= 4 is 22.3 Å². The maximum Gasteiger partial charge on any atom is 0.412 e. The lowest BCUT2D eigenvalue weighted by molar-refractivity contribution is -0.0101. The quantitative estimate of drug-likeness (QED) is 0.738. The first-order valence-corrected chi connectivity index (χ1v) is 9.98. The summed E-state index contributed by atoms with van der Waals surface area (Å²) in [5, 5.41) is 0. The molecule has 8 heteroatoms. The zero-order valence-electron chi connectivity index (χ0n) is 14.4. The minimum absolute atomic E-state index is 0.0431. The second kappa shape index (κ2) is 6.79. The number of ether oxygens (including phenoxy) is 1. The van der Waals surface area contributed by atoms with Gasteiger partial charge in [0.05, 0.1) is 4.90 Å². The third kappa shape index (κ3) is 3.45. The van der Waals surface area contributed by atoms with Gasteiger partial charge in [0.1, 0.15) is 6.61 Å². The minimum Gasteiger partial charge on any atom is -0.444 e. The zero-order valence-corrected chi connectivity index (χ0v) is 15.3. The van der Waals surface area contributed by atoms with Crippen LogP contribution in [0.2, 0.25) is 0 Å². The molecule has 0 aliphatic carbocycles. The number of amides is 1. The molecule has 2 aromatic rings. The van der Waals surface area contributed by atoms with Crippen LogP contribution in [0.5, 0.6) is 0 Å². The maximum absolute atomic E-state index is 12.9. The van der Waals surface area contributed by atoms with Crippen molar-refractivity contribution in [1.82, 2.24) is 9.88 Å². The van der Waals surface area contributed by atoms with Crippen LogP contribution < -0.4 is 0 Å². The summed E-state index contributed by atoms with van der Waals surface area (Å²) in [5.41, 5.74) is 0.0410. The lowest BCUT2D eigenvalue weighted by Gasteiger charge is -2.34. The molecular formula is C19H18N2O5S. The number of nitrogens with zero attached hydrogens (tertiary/aromatic N) is 2. The number of rotatable bonds is 2. The molecule has 0 saturated carbocycles. The van der Waals surface area contributed by atoms with Crippen LogP contribution >= 0.6 is 0 Å². The summed E-state index contributed by atoms with van der Waals surface area (Å²) in [5.74, 6) is 0. The van der Waals surface area contributed by atoms with E-state index in [1.807, 2.05) is 6.07 Å². The SMILES string of the molecule is O=C1OCc2ccc(cc2)S(=O)(=O)O[C@]2(C=Cc3cccnc3)CCCN12. The van der Waals surface area contributed by atoms with E-state index in [2.05, 4.69) is 4.98 Å². The number of hydrogen-bond acceptors (Lipinski definition) is 6. The number of carbonyl (C=O) groups excluding carboxylic acids is 1. The van der Waals surface area contributed by atoms with Crippen molar-refractivity contribution in [2.24, 2.45) is 0 Å². The van der Waals surface area contributed by atoms with E-state index in [0.717, 1.165) is 5.56 Å². The van der Waals surface area contributed by atoms with Crippen LogP contribution in [0.25, 0.3) is 6.08 Å². The van der Waals surface area contributed by atoms with Gasteiger partial charge in [-0.2, -0.15) is 8.42 Å². The number of benzene rings is 1. The summed E-state index contributed by atoms with van der Waals surface area (Å²) >= 11 is 0. The van der Waals surface area contributed by atoms with Crippen LogP contribution in [-0.4, -0.2) is 36.7 Å². The van der Waals surface area contributed by atoms with Crippen LogP contribution in [0.15, 0.2) is 59.8 Å². The summed E-state index contributed by atoms with van der Waals surface area (Å²) < 4.78 is 36.7. The Kier molecular flexibility index (Phi) is 4.45. The number of aromatic nitrogens is 1. The van der Waals surface area contributed by atoms with Crippen LogP contribution in [0, 0.1) is 0 Å². The molecule has 27 heavy (non-hydrogen) atoms. The molecule has 0 unspecified atom stereocenters. The first kappa shape index (κ1) is 17.7. The van der Waals surface area contributed by atoms with Gasteiger partial charge in [-0.25, -0.2) is 8.98 Å². The van der Waals surface area contributed by atoms with Gasteiger partial charge in [-0.3, -0.25) is 9.88 Å². The molecule has 1 amide bonds. The normalized spacial score (nSPS) is 24.4. The van der Waals surface area contributed by atoms with Crippen molar-refractivity contribution in [1.29, 1.82) is 0 Å². The summed E-state index contributed by atoms with van der Waals surface area (Å²) in [6, 6.07) is 9.74. The first-order chi connectivity index (χ1) is 13.0. The van der Waals surface area contributed by atoms with E-state index < -0.39 is 21.9 Å². The smallest absolute Gasteiger partial charge is 0.412 e. The van der Waals surface area contributed by atoms with Crippen molar-refractivity contribution in [2.45, 2.75) is 30.1 Å². The third-order valence-corrected chi connectivity index (χ3v) is 6.00. The van der Waals surface area contributed by atoms with Crippen molar-refractivity contribution < 1.29 is 22.1 Å². The Labute approximate surface area is 157 Å². The Balaban J connectivity index is 1.79. The van der Waals surface area contributed by atoms with E-state index in [-0.39, 0.29) is 11.5 Å². The largest absolute Gasteiger partial charge is 0.444 e. The van der Waals surface area contributed by atoms with Crippen LogP contribution in [0.4, 0.5) is 4.79 Å². The van der Waals surface area contributed by atoms with E-state index in [9.17, 15) is 13.2 Å². The molecule has 3 aliphatic rings. The van der Waals surface area contributed by atoms with E-state index in [1.165, 1.54) is 17.0 Å². The van der Waals surface area contributed by atoms with Crippen molar-refractivity contribution in [3.63, 3.8) is 0 Å². The Hall–Kier alpha value is -2.71. The van der Waals surface area contributed by atoms with E-state index >= 15 is 0 Å². The van der Waals surface area contributed by atoms with Gasteiger partial charge in [0.15, 0.2) is 5.72 Å². The molecule has 1 aromatic heterocycles. The Morgan fingerprint density at radius 3 is 2.74 bits per heavy atom. The highest BCUT2D eigenvalue weighted by molar-refractivity contribution is 7.86. The van der Waals surface area contributed by atoms with E-state index in [1.54, 1.807) is 42.7 Å². The van der Waals surface area contributed by atoms with Crippen LogP contribution in [0.1, 0.15) is 24.0 Å². The second-order valence-corrected chi connectivity index (χ2v) is 8.00. The van der Waals surface area contributed by atoms with Gasteiger partial charge in [0.2, 0.25) is 0 Å². The highest BCUT2D eigenvalue weighted by Crippen LogP contribution is 2.37. The zero-order chi connectivity index (χ0) is 18.9. The van der Waals surface area contributed by atoms with Crippen molar-refractivity contribution in [3.05, 3.63) is 66.0 Å². The first-order valence-electron chi connectivity index (χ1n) is 8.57. The minimum atomic E-state index is -4.08. The molecule has 0 radical (unpaired) electrons. The molecule has 7 nitrogen and oxygen atoms in total. The number of hydrogen-bond donors (Lipinski definition) is 0. The predicted molar refractivity (Wildman–Crippen MR) is 96.8 cm³/mol. The van der Waals surface area contributed by atoms with Gasteiger partial charge < -0.3 is 4.74 Å². The molecule has 140 valence electrons. The summed E-state index contributed by atoms with van der Waals surface area (Å²) in [7, 11) is -4.08. The standard InChI is InChI=1S/C19H18N2O5S/c22-18-21-12-2-9-19(21,10-8-15-3-1-11-20-13-15)26-27(23,24)17-6-4-16(5-7-17)14-25-18/h1,3-8,10-11,13H,2,9,12,14H2/t19-/m0/s1. The highest BCUT2D eigenvalue weighted by atomic mass is 32.2. The molecule has 0 N–H and O–H groups in total. The van der Waals surface area contributed by atoms with E-state index in [4.69, 9.17) is 8.92 Å². The molecule has 1 atom stereocenters. The molecule has 2 bridgehead atoms. The lowest BCUT2D eigenvalue weighted by atomic mass is 10.1. The van der Waals surface area contributed by atoms with Crippen LogP contribution in [-0.2, 0) is 25.6 Å². The lowest BCUT2D eigenvalue weighted by Crippen LogP contribution is -2.49. The Bertz CT molecular complexity index is 973.